The van der Waals surface area contributed by atoms with Gasteiger partial charge in [0.15, 0.2) is 10.3 Å². The van der Waals surface area contributed by atoms with E-state index in [-0.39, 0.29) is 5.82 Å². The van der Waals surface area contributed by atoms with E-state index in [1.54, 1.807) is 35.4 Å². The molecule has 1 heterocycles. The van der Waals surface area contributed by atoms with Gasteiger partial charge in [-0.15, -0.1) is 0 Å². The molecule has 144 valence electrons. The molecule has 0 amide bonds. The quantitative estimate of drug-likeness (QED) is 0.462. The molecule has 1 aromatic carbocycles. The summed E-state index contributed by atoms with van der Waals surface area (Å²) in [6, 6.07) is 8.54. The summed E-state index contributed by atoms with van der Waals surface area (Å²) in [6.45, 7) is 3.40. The molecule has 0 saturated carbocycles. The van der Waals surface area contributed by atoms with E-state index in [9.17, 15) is 9.65 Å². The highest BCUT2D eigenvalue weighted by atomic mass is 32.1. The number of nitrogens with one attached hydrogen (secondary N) is 2. The number of nitrogens with zero attached hydrogens (tertiary/aromatic N) is 4. The Hall–Kier alpha value is -2.54. The summed E-state index contributed by atoms with van der Waals surface area (Å²) in [7, 11) is 3.50. The highest BCUT2D eigenvalue weighted by Crippen LogP contribution is 2.05. The molecule has 1 aromatic heterocycles. The molecule has 0 radical (unpaired) electrons. The van der Waals surface area contributed by atoms with E-state index < -0.39 is 0 Å². The van der Waals surface area contributed by atoms with Gasteiger partial charge in [-0.25, -0.2) is 4.39 Å². The maximum atomic E-state index is 12.8. The monoisotopic (exact) mass is 389 g/mol. The molecule has 2 aromatic rings. The summed E-state index contributed by atoms with van der Waals surface area (Å²) < 4.78 is 16.6. The fraction of sp³-hybridized carbons (Fsp3) is 0.389. The molecule has 0 saturated heterocycles. The predicted octanol–water partition coefficient (Wildman–Crippen LogP) is 0.966. The molecule has 9 heteroatoms. The lowest BCUT2D eigenvalue weighted by Gasteiger charge is -2.11. The van der Waals surface area contributed by atoms with Gasteiger partial charge in [-0.2, -0.15) is 5.26 Å². The van der Waals surface area contributed by atoms with E-state index >= 15 is 0 Å². The number of hydrogen-bond acceptors (Lipinski definition) is 6. The zero-order chi connectivity index (χ0) is 19.8. The van der Waals surface area contributed by atoms with Gasteiger partial charge >= 0.3 is 0 Å². The van der Waals surface area contributed by atoms with Crippen molar-refractivity contribution in [3.63, 3.8) is 0 Å². The number of nitrogen functional groups attached to an aromatic ring is 1. The van der Waals surface area contributed by atoms with Crippen molar-refractivity contribution in [1.29, 1.82) is 5.26 Å². The van der Waals surface area contributed by atoms with E-state index in [4.69, 9.17) is 18.0 Å². The molecule has 0 bridgehead atoms. The van der Waals surface area contributed by atoms with Crippen LogP contribution in [0.1, 0.15) is 11.1 Å². The second-order valence-electron chi connectivity index (χ2n) is 6.03. The molecule has 0 fully saturated rings. The van der Waals surface area contributed by atoms with Gasteiger partial charge in [0.05, 0.1) is 6.54 Å². The highest BCUT2D eigenvalue weighted by molar-refractivity contribution is 7.71. The van der Waals surface area contributed by atoms with Crippen molar-refractivity contribution in [3.8, 4) is 6.07 Å². The second-order valence-corrected chi connectivity index (χ2v) is 6.40. The first-order valence-electron chi connectivity index (χ1n) is 8.57. The fourth-order valence-corrected chi connectivity index (χ4v) is 2.72. The summed E-state index contributed by atoms with van der Waals surface area (Å²) in [5, 5.41) is 15.9. The molecular formula is C18H24FN7S. The molecule has 27 heavy (non-hydrogen) atoms. The highest BCUT2D eigenvalue weighted by Gasteiger charge is 2.08. The second kappa shape index (κ2) is 9.97. The molecule has 0 atom stereocenters. The zero-order valence-corrected chi connectivity index (χ0v) is 16.3. The molecule has 0 aliphatic rings. The lowest BCUT2D eigenvalue weighted by atomic mass is 10.2. The van der Waals surface area contributed by atoms with Gasteiger partial charge in [0, 0.05) is 40.3 Å². The maximum absolute atomic E-state index is 12.8. The Morgan fingerprint density at radius 1 is 1.15 bits per heavy atom. The van der Waals surface area contributed by atoms with Crippen LogP contribution in [0.2, 0.25) is 0 Å². The minimum Gasteiger partial charge on any atom is -0.384 e. The largest absolute Gasteiger partial charge is 0.384 e. The molecule has 0 spiro atoms. The summed E-state index contributed by atoms with van der Waals surface area (Å²) >= 11 is 5.31. The zero-order valence-electron chi connectivity index (χ0n) is 15.5. The Morgan fingerprint density at radius 3 is 2.48 bits per heavy atom. The normalized spacial score (nSPS) is 11.6. The summed E-state index contributed by atoms with van der Waals surface area (Å²) in [5.41, 5.74) is 7.82. The van der Waals surface area contributed by atoms with Gasteiger partial charge in [0.25, 0.3) is 0 Å². The molecule has 2 rings (SSSR count). The summed E-state index contributed by atoms with van der Waals surface area (Å²) in [5.74, 6) is 0.0894. The van der Waals surface area contributed by atoms with Crippen LogP contribution in [0.3, 0.4) is 0 Å². The summed E-state index contributed by atoms with van der Waals surface area (Å²) in [6.07, 6.45) is 0. The topological polar surface area (TPSA) is 96.1 Å². The van der Waals surface area contributed by atoms with Gasteiger partial charge in [-0.05, 0) is 29.9 Å². The Balaban J connectivity index is 1.80. The van der Waals surface area contributed by atoms with Crippen LogP contribution in [-0.4, -0.2) is 35.3 Å². The third-order valence-corrected chi connectivity index (χ3v) is 4.66. The fourth-order valence-electron chi connectivity index (χ4n) is 2.54. The van der Waals surface area contributed by atoms with Gasteiger partial charge in [0.2, 0.25) is 0 Å². The van der Waals surface area contributed by atoms with Gasteiger partial charge < -0.3 is 25.5 Å². The summed E-state index contributed by atoms with van der Waals surface area (Å²) in [4.78, 5) is 4.48. The third kappa shape index (κ3) is 5.47. The Kier molecular flexibility index (Phi) is 7.67. The van der Waals surface area contributed by atoms with Crippen LogP contribution in [0.4, 0.5) is 10.2 Å². The van der Waals surface area contributed by atoms with E-state index in [1.165, 1.54) is 12.1 Å². The Bertz CT molecular complexity index is 938. The molecular weight excluding hydrogens is 365 g/mol. The number of nitrogens with two attached hydrogens (primary N) is 1. The number of rotatable bonds is 8. The van der Waals surface area contributed by atoms with Crippen LogP contribution in [0.25, 0.3) is 0 Å². The molecule has 4 N–H and O–H groups in total. The van der Waals surface area contributed by atoms with Crippen molar-refractivity contribution >= 4 is 18.0 Å². The number of aromatic nitrogens is 2. The first-order valence-corrected chi connectivity index (χ1v) is 8.98. The van der Waals surface area contributed by atoms with Crippen LogP contribution in [0, 0.1) is 21.9 Å². The lowest BCUT2D eigenvalue weighted by Crippen LogP contribution is -2.31. The number of halogens is 1. The first-order chi connectivity index (χ1) is 13.0. The minimum absolute atomic E-state index is 0.228. The first kappa shape index (κ1) is 20.8. The van der Waals surface area contributed by atoms with E-state index in [0.29, 0.717) is 41.3 Å². The number of nitriles is 1. The van der Waals surface area contributed by atoms with Crippen molar-refractivity contribution in [2.75, 3.05) is 31.9 Å². The molecule has 0 unspecified atom stereocenters. The van der Waals surface area contributed by atoms with Crippen molar-refractivity contribution in [1.82, 2.24) is 19.8 Å². The predicted molar refractivity (Wildman–Crippen MR) is 106 cm³/mol. The molecule has 7 nitrogen and oxygen atoms in total. The van der Waals surface area contributed by atoms with Crippen LogP contribution >= 0.6 is 12.2 Å². The average Bonchev–Trinajstić information content (AvgIpc) is 2.67. The van der Waals surface area contributed by atoms with E-state index in [2.05, 4.69) is 21.7 Å². The smallest absolute Gasteiger partial charge is 0.182 e. The average molecular weight is 390 g/mol. The van der Waals surface area contributed by atoms with Gasteiger partial charge in [-0.3, -0.25) is 4.99 Å². The van der Waals surface area contributed by atoms with Crippen LogP contribution in [-0.2, 0) is 20.6 Å². The van der Waals surface area contributed by atoms with Crippen molar-refractivity contribution in [2.45, 2.75) is 6.54 Å². The number of benzene rings is 1. The standard InChI is InChI=1S/C18H24FN7S/c1-25-16(21)15(11-20)17(26(2)18(25)27)24-10-9-22-7-8-23-12-13-3-5-14(19)6-4-13/h3-6,22-23H,7-10,12,21H2,1-2H3. The third-order valence-electron chi connectivity index (χ3n) is 4.12. The Labute approximate surface area is 163 Å². The van der Waals surface area contributed by atoms with Crippen LogP contribution < -0.4 is 21.9 Å². The van der Waals surface area contributed by atoms with Crippen LogP contribution in [0.15, 0.2) is 29.3 Å². The van der Waals surface area contributed by atoms with Gasteiger partial charge in [-0.1, -0.05) is 12.1 Å². The number of anilines is 1. The van der Waals surface area contributed by atoms with Crippen molar-refractivity contribution in [2.24, 2.45) is 19.1 Å². The molecule has 0 aliphatic heterocycles. The van der Waals surface area contributed by atoms with Crippen molar-refractivity contribution in [3.05, 3.63) is 51.5 Å². The molecule has 0 aliphatic carbocycles. The van der Waals surface area contributed by atoms with E-state index in [1.807, 2.05) is 0 Å². The van der Waals surface area contributed by atoms with Crippen LogP contribution in [0.5, 0.6) is 0 Å². The maximum Gasteiger partial charge on any atom is 0.182 e. The van der Waals surface area contributed by atoms with Gasteiger partial charge in [0.1, 0.15) is 23.3 Å². The Morgan fingerprint density at radius 2 is 1.81 bits per heavy atom. The SMILES string of the molecule is Cn1c(N)c(C#N)c(=NCCNCCNCc2ccc(F)cc2)n(C)c1=S. The number of hydrogen-bond donors (Lipinski definition) is 3. The lowest BCUT2D eigenvalue weighted by molar-refractivity contribution is 0.606. The van der Waals surface area contributed by atoms with Crippen molar-refractivity contribution < 1.29 is 4.39 Å². The minimum atomic E-state index is -0.228. The van der Waals surface area contributed by atoms with E-state index in [0.717, 1.165) is 18.7 Å².